The molecule has 166 valence electrons. The highest BCUT2D eigenvalue weighted by Crippen LogP contribution is 2.35. The largest absolute Gasteiger partial charge is 0.493 e. The summed E-state index contributed by atoms with van der Waals surface area (Å²) in [7, 11) is 2.09. The van der Waals surface area contributed by atoms with E-state index in [4.69, 9.17) is 14.1 Å². The molecule has 32 heavy (non-hydrogen) atoms. The normalized spacial score (nSPS) is 11.2. The average molecular weight is 446 g/mol. The van der Waals surface area contributed by atoms with E-state index in [9.17, 15) is 0 Å². The number of rotatable bonds is 8. The number of hydrogen-bond acceptors (Lipinski definition) is 5. The summed E-state index contributed by atoms with van der Waals surface area (Å²) in [6, 6.07) is 17.1. The van der Waals surface area contributed by atoms with Crippen molar-refractivity contribution in [1.82, 2.24) is 9.36 Å². The van der Waals surface area contributed by atoms with E-state index < -0.39 is 0 Å². The van der Waals surface area contributed by atoms with Gasteiger partial charge in [-0.1, -0.05) is 44.2 Å². The molecule has 4 aromatic rings. The minimum absolute atomic E-state index is 0.620. The Balaban J connectivity index is 1.76. The van der Waals surface area contributed by atoms with Crippen molar-refractivity contribution in [1.29, 1.82) is 0 Å². The molecule has 5 heteroatoms. The van der Waals surface area contributed by atoms with Crippen LogP contribution in [0.3, 0.4) is 0 Å². The average Bonchev–Trinajstić information content (AvgIpc) is 3.25. The van der Waals surface area contributed by atoms with E-state index in [1.807, 2.05) is 6.92 Å². The summed E-state index contributed by atoms with van der Waals surface area (Å²) in [5, 5.41) is 1.18. The quantitative estimate of drug-likeness (QED) is 0.298. The van der Waals surface area contributed by atoms with Crippen molar-refractivity contribution in [2.24, 2.45) is 0 Å². The monoisotopic (exact) mass is 445 g/mol. The molecule has 0 fully saturated rings. The summed E-state index contributed by atoms with van der Waals surface area (Å²) >= 11 is 1.54. The van der Waals surface area contributed by atoms with E-state index in [-0.39, 0.29) is 0 Å². The Morgan fingerprint density at radius 3 is 2.38 bits per heavy atom. The zero-order valence-corrected chi connectivity index (χ0v) is 20.4. The number of hydrogen-bond donors (Lipinski definition) is 0. The zero-order chi connectivity index (χ0) is 22.7. The lowest BCUT2D eigenvalue weighted by atomic mass is 9.94. The topological polar surface area (TPSA) is 38.2 Å². The SMILES string of the molecule is CCOc1cc(-c2c(CC)cccc2CC)nc(C)c1CN(C)c1nsc2ccccc12. The minimum atomic E-state index is 0.620. The predicted octanol–water partition coefficient (Wildman–Crippen LogP) is 6.83. The van der Waals surface area contributed by atoms with E-state index >= 15 is 0 Å². The Labute approximate surface area is 195 Å². The van der Waals surface area contributed by atoms with Crippen LogP contribution in [0.4, 0.5) is 5.82 Å². The standard InChI is InChI=1S/C27H31N3OS/c1-6-19-12-11-13-20(7-2)26(19)23-16-24(31-8-3)22(18(4)28-23)17-30(5)27-21-14-9-10-15-25(21)32-29-27/h9-16H,6-8,17H2,1-5H3. The van der Waals surface area contributed by atoms with Crippen LogP contribution in [-0.4, -0.2) is 23.0 Å². The molecule has 2 aromatic carbocycles. The molecule has 0 saturated carbocycles. The maximum atomic E-state index is 6.15. The van der Waals surface area contributed by atoms with Gasteiger partial charge in [-0.2, -0.15) is 4.37 Å². The molecule has 0 amide bonds. The molecular weight excluding hydrogens is 414 g/mol. The fourth-order valence-electron chi connectivity index (χ4n) is 4.31. The molecule has 0 bridgehead atoms. The molecule has 0 aliphatic carbocycles. The third-order valence-electron chi connectivity index (χ3n) is 5.96. The second-order valence-corrected chi connectivity index (χ2v) is 8.82. The van der Waals surface area contributed by atoms with E-state index in [0.717, 1.165) is 41.4 Å². The van der Waals surface area contributed by atoms with Crippen LogP contribution < -0.4 is 9.64 Å². The summed E-state index contributed by atoms with van der Waals surface area (Å²) in [6.45, 7) is 9.85. The number of anilines is 1. The predicted molar refractivity (Wildman–Crippen MR) is 136 cm³/mol. The molecule has 0 N–H and O–H groups in total. The molecule has 0 atom stereocenters. The summed E-state index contributed by atoms with van der Waals surface area (Å²) < 4.78 is 12.1. The smallest absolute Gasteiger partial charge is 0.150 e. The number of benzene rings is 2. The van der Waals surface area contributed by atoms with Gasteiger partial charge in [0.05, 0.1) is 17.0 Å². The van der Waals surface area contributed by atoms with E-state index in [1.54, 1.807) is 11.5 Å². The minimum Gasteiger partial charge on any atom is -0.493 e. The summed E-state index contributed by atoms with van der Waals surface area (Å²) in [4.78, 5) is 7.27. The fraction of sp³-hybridized carbons (Fsp3) is 0.333. The first-order valence-corrected chi connectivity index (χ1v) is 12.1. The Morgan fingerprint density at radius 2 is 1.69 bits per heavy atom. The van der Waals surface area contributed by atoms with Crippen LogP contribution in [0, 0.1) is 6.92 Å². The molecule has 0 aliphatic heterocycles. The van der Waals surface area contributed by atoms with Crippen molar-refractivity contribution in [2.45, 2.75) is 47.1 Å². The number of aryl methyl sites for hydroxylation is 3. The molecule has 0 saturated heterocycles. The van der Waals surface area contributed by atoms with Crippen molar-refractivity contribution in [3.63, 3.8) is 0 Å². The molecule has 0 spiro atoms. The lowest BCUT2D eigenvalue weighted by Crippen LogP contribution is -2.19. The fourth-order valence-corrected chi connectivity index (χ4v) is 5.13. The van der Waals surface area contributed by atoms with Gasteiger partial charge in [0, 0.05) is 41.9 Å². The van der Waals surface area contributed by atoms with Gasteiger partial charge in [-0.15, -0.1) is 0 Å². The van der Waals surface area contributed by atoms with Gasteiger partial charge in [0.15, 0.2) is 0 Å². The van der Waals surface area contributed by atoms with Crippen LogP contribution in [0.15, 0.2) is 48.5 Å². The maximum absolute atomic E-state index is 6.15. The highest BCUT2D eigenvalue weighted by Gasteiger charge is 2.19. The number of aromatic nitrogens is 2. The summed E-state index contributed by atoms with van der Waals surface area (Å²) in [6.07, 6.45) is 1.96. The lowest BCUT2D eigenvalue weighted by molar-refractivity contribution is 0.335. The zero-order valence-electron chi connectivity index (χ0n) is 19.6. The van der Waals surface area contributed by atoms with Crippen molar-refractivity contribution in [3.8, 4) is 17.0 Å². The van der Waals surface area contributed by atoms with Crippen molar-refractivity contribution >= 4 is 27.4 Å². The van der Waals surface area contributed by atoms with Gasteiger partial charge in [0.1, 0.15) is 11.6 Å². The third-order valence-corrected chi connectivity index (χ3v) is 6.78. The lowest BCUT2D eigenvalue weighted by Gasteiger charge is -2.22. The van der Waals surface area contributed by atoms with Crippen LogP contribution >= 0.6 is 11.5 Å². The van der Waals surface area contributed by atoms with Crippen LogP contribution in [0.2, 0.25) is 0 Å². The molecule has 0 radical (unpaired) electrons. The van der Waals surface area contributed by atoms with Gasteiger partial charge in [-0.25, -0.2) is 0 Å². The van der Waals surface area contributed by atoms with Gasteiger partial charge in [0.25, 0.3) is 0 Å². The second kappa shape index (κ2) is 9.70. The Morgan fingerprint density at radius 1 is 0.969 bits per heavy atom. The molecular formula is C27H31N3OS. The first-order chi connectivity index (χ1) is 15.6. The first-order valence-electron chi connectivity index (χ1n) is 11.4. The maximum Gasteiger partial charge on any atom is 0.150 e. The molecule has 0 aliphatic rings. The number of fused-ring (bicyclic) bond motifs is 1. The highest BCUT2D eigenvalue weighted by atomic mass is 32.1. The second-order valence-electron chi connectivity index (χ2n) is 8.02. The Hall–Kier alpha value is -2.92. The number of nitrogens with zero attached hydrogens (tertiary/aromatic N) is 3. The van der Waals surface area contributed by atoms with Crippen LogP contribution in [-0.2, 0) is 19.4 Å². The van der Waals surface area contributed by atoms with Gasteiger partial charge in [-0.3, -0.25) is 4.98 Å². The molecule has 2 aromatic heterocycles. The Kier molecular flexibility index (Phi) is 6.75. The van der Waals surface area contributed by atoms with E-state index in [1.165, 1.54) is 26.8 Å². The molecule has 0 unspecified atom stereocenters. The van der Waals surface area contributed by atoms with Crippen LogP contribution in [0.25, 0.3) is 21.3 Å². The van der Waals surface area contributed by atoms with E-state index in [2.05, 4.69) is 81.2 Å². The van der Waals surface area contributed by atoms with Crippen molar-refractivity contribution in [2.75, 3.05) is 18.6 Å². The van der Waals surface area contributed by atoms with Gasteiger partial charge >= 0.3 is 0 Å². The summed E-state index contributed by atoms with van der Waals surface area (Å²) in [5.41, 5.74) is 7.04. The Bertz CT molecular complexity index is 1210. The third kappa shape index (κ3) is 4.22. The summed E-state index contributed by atoms with van der Waals surface area (Å²) in [5.74, 6) is 1.91. The first kappa shape index (κ1) is 22.3. The van der Waals surface area contributed by atoms with E-state index in [0.29, 0.717) is 13.2 Å². The highest BCUT2D eigenvalue weighted by molar-refractivity contribution is 7.13. The van der Waals surface area contributed by atoms with Crippen LogP contribution in [0.5, 0.6) is 5.75 Å². The van der Waals surface area contributed by atoms with Crippen molar-refractivity contribution in [3.05, 3.63) is 70.9 Å². The van der Waals surface area contributed by atoms with Gasteiger partial charge < -0.3 is 9.64 Å². The van der Waals surface area contributed by atoms with Crippen LogP contribution in [0.1, 0.15) is 43.2 Å². The van der Waals surface area contributed by atoms with Gasteiger partial charge in [0.2, 0.25) is 0 Å². The number of pyridine rings is 1. The van der Waals surface area contributed by atoms with Crippen molar-refractivity contribution < 1.29 is 4.74 Å². The van der Waals surface area contributed by atoms with Gasteiger partial charge in [-0.05, 0) is 61.5 Å². The molecule has 4 nitrogen and oxygen atoms in total. The molecule has 4 rings (SSSR count). The number of ether oxygens (including phenoxy) is 1. The molecule has 2 heterocycles.